The van der Waals surface area contributed by atoms with Crippen molar-refractivity contribution >= 4 is 15.9 Å². The summed E-state index contributed by atoms with van der Waals surface area (Å²) in [5.74, 6) is 0.492. The van der Waals surface area contributed by atoms with E-state index in [1.165, 1.54) is 4.31 Å². The zero-order chi connectivity index (χ0) is 16.3. The standard InChI is InChI=1S/C17H22N2O3S/c20-17(14-15-6-4-5-7-15)18-10-12-19(13-11-18)23(21,22)16-8-2-1-3-9-16/h1-4,6,8-9,15H,5,7,10-14H2/t15-/m0/s1. The summed E-state index contributed by atoms with van der Waals surface area (Å²) in [5.41, 5.74) is 0. The smallest absolute Gasteiger partial charge is 0.243 e. The highest BCUT2D eigenvalue weighted by Gasteiger charge is 2.30. The van der Waals surface area contributed by atoms with Gasteiger partial charge in [0.15, 0.2) is 0 Å². The molecule has 0 N–H and O–H groups in total. The molecule has 1 aromatic rings. The zero-order valence-corrected chi connectivity index (χ0v) is 13.9. The normalized spacial score (nSPS) is 22.4. The lowest BCUT2D eigenvalue weighted by Crippen LogP contribution is -2.50. The Bertz CT molecular complexity index is 677. The van der Waals surface area contributed by atoms with E-state index in [1.54, 1.807) is 35.2 Å². The van der Waals surface area contributed by atoms with Gasteiger partial charge in [0, 0.05) is 32.6 Å². The predicted molar refractivity (Wildman–Crippen MR) is 88.3 cm³/mol. The van der Waals surface area contributed by atoms with Crippen molar-refractivity contribution in [3.05, 3.63) is 42.5 Å². The number of sulfonamides is 1. The Morgan fingerprint density at radius 1 is 1.09 bits per heavy atom. The van der Waals surface area contributed by atoms with Crippen molar-refractivity contribution in [2.75, 3.05) is 26.2 Å². The number of hydrogen-bond donors (Lipinski definition) is 0. The molecule has 0 radical (unpaired) electrons. The fourth-order valence-electron chi connectivity index (χ4n) is 3.14. The molecule has 124 valence electrons. The average molecular weight is 334 g/mol. The van der Waals surface area contributed by atoms with Crippen LogP contribution in [0.25, 0.3) is 0 Å². The molecule has 1 aliphatic heterocycles. The lowest BCUT2D eigenvalue weighted by atomic mass is 10.0. The molecule has 1 aromatic carbocycles. The van der Waals surface area contributed by atoms with Crippen LogP contribution >= 0.6 is 0 Å². The number of allylic oxidation sites excluding steroid dienone is 2. The van der Waals surface area contributed by atoms with Crippen molar-refractivity contribution in [3.63, 3.8) is 0 Å². The molecule has 3 rings (SSSR count). The van der Waals surface area contributed by atoms with Gasteiger partial charge in [-0.05, 0) is 30.9 Å². The van der Waals surface area contributed by atoms with Gasteiger partial charge in [-0.1, -0.05) is 30.4 Å². The van der Waals surface area contributed by atoms with Crippen LogP contribution in [-0.2, 0) is 14.8 Å². The number of carbonyl (C=O) groups is 1. The second-order valence-corrected chi connectivity index (χ2v) is 8.01. The van der Waals surface area contributed by atoms with Crippen molar-refractivity contribution in [3.8, 4) is 0 Å². The van der Waals surface area contributed by atoms with Gasteiger partial charge in [0.05, 0.1) is 4.90 Å². The number of carbonyl (C=O) groups excluding carboxylic acids is 1. The number of benzene rings is 1. The minimum Gasteiger partial charge on any atom is -0.340 e. The van der Waals surface area contributed by atoms with Crippen molar-refractivity contribution in [2.24, 2.45) is 5.92 Å². The second kappa shape index (κ2) is 6.84. The van der Waals surface area contributed by atoms with E-state index in [-0.39, 0.29) is 5.91 Å². The molecule has 0 spiro atoms. The Morgan fingerprint density at radius 2 is 1.78 bits per heavy atom. The Morgan fingerprint density at radius 3 is 2.39 bits per heavy atom. The van der Waals surface area contributed by atoms with Gasteiger partial charge in [0.25, 0.3) is 0 Å². The van der Waals surface area contributed by atoms with E-state index in [0.29, 0.717) is 43.4 Å². The molecular weight excluding hydrogens is 312 g/mol. The van der Waals surface area contributed by atoms with Crippen LogP contribution in [0, 0.1) is 5.92 Å². The predicted octanol–water partition coefficient (Wildman–Crippen LogP) is 1.88. The molecular formula is C17H22N2O3S. The molecule has 6 heteroatoms. The third kappa shape index (κ3) is 3.64. The highest BCUT2D eigenvalue weighted by atomic mass is 32.2. The fourth-order valence-corrected chi connectivity index (χ4v) is 4.58. The highest BCUT2D eigenvalue weighted by molar-refractivity contribution is 7.89. The van der Waals surface area contributed by atoms with Gasteiger partial charge in [-0.2, -0.15) is 4.31 Å². The van der Waals surface area contributed by atoms with E-state index in [9.17, 15) is 13.2 Å². The first-order chi connectivity index (χ1) is 11.1. The number of hydrogen-bond acceptors (Lipinski definition) is 3. The molecule has 5 nitrogen and oxygen atoms in total. The van der Waals surface area contributed by atoms with Gasteiger partial charge in [0.2, 0.25) is 15.9 Å². The number of piperazine rings is 1. The molecule has 0 aromatic heterocycles. The van der Waals surface area contributed by atoms with Crippen LogP contribution < -0.4 is 0 Å². The van der Waals surface area contributed by atoms with Gasteiger partial charge in [-0.25, -0.2) is 8.42 Å². The summed E-state index contributed by atoms with van der Waals surface area (Å²) in [6, 6.07) is 8.47. The monoisotopic (exact) mass is 334 g/mol. The summed E-state index contributed by atoms with van der Waals surface area (Å²) < 4.78 is 26.6. The van der Waals surface area contributed by atoms with Crippen molar-refractivity contribution in [1.29, 1.82) is 0 Å². The summed E-state index contributed by atoms with van der Waals surface area (Å²) in [7, 11) is -3.45. The van der Waals surface area contributed by atoms with E-state index >= 15 is 0 Å². The number of nitrogens with zero attached hydrogens (tertiary/aromatic N) is 2. The van der Waals surface area contributed by atoms with Crippen LogP contribution in [0.5, 0.6) is 0 Å². The third-order valence-electron chi connectivity index (χ3n) is 4.52. The van der Waals surface area contributed by atoms with Gasteiger partial charge >= 0.3 is 0 Å². The molecule has 1 heterocycles. The molecule has 1 amide bonds. The molecule has 1 atom stereocenters. The van der Waals surface area contributed by atoms with Crippen molar-refractivity contribution < 1.29 is 13.2 Å². The lowest BCUT2D eigenvalue weighted by Gasteiger charge is -2.34. The van der Waals surface area contributed by atoms with E-state index < -0.39 is 10.0 Å². The minimum absolute atomic E-state index is 0.137. The largest absolute Gasteiger partial charge is 0.340 e. The van der Waals surface area contributed by atoms with Gasteiger partial charge < -0.3 is 4.90 Å². The van der Waals surface area contributed by atoms with E-state index in [0.717, 1.165) is 12.8 Å². The minimum atomic E-state index is -3.45. The molecule has 2 aliphatic rings. The third-order valence-corrected chi connectivity index (χ3v) is 6.43. The van der Waals surface area contributed by atoms with Crippen LogP contribution in [0.1, 0.15) is 19.3 Å². The molecule has 0 unspecified atom stereocenters. The van der Waals surface area contributed by atoms with Crippen molar-refractivity contribution in [2.45, 2.75) is 24.2 Å². The Balaban J connectivity index is 1.58. The maximum Gasteiger partial charge on any atom is 0.243 e. The Hall–Kier alpha value is -1.66. The second-order valence-electron chi connectivity index (χ2n) is 6.07. The highest BCUT2D eigenvalue weighted by Crippen LogP contribution is 2.22. The zero-order valence-electron chi connectivity index (χ0n) is 13.1. The lowest BCUT2D eigenvalue weighted by molar-refractivity contribution is -0.133. The Kier molecular flexibility index (Phi) is 4.82. The molecule has 1 saturated heterocycles. The SMILES string of the molecule is O=C(C[C@H]1C=CCC1)N1CCN(S(=O)(=O)c2ccccc2)CC1. The van der Waals surface area contributed by atoms with Gasteiger partial charge in [-0.15, -0.1) is 0 Å². The van der Waals surface area contributed by atoms with Crippen LogP contribution in [-0.4, -0.2) is 49.7 Å². The van der Waals surface area contributed by atoms with E-state index in [1.807, 2.05) is 0 Å². The van der Waals surface area contributed by atoms with Crippen molar-refractivity contribution in [1.82, 2.24) is 9.21 Å². The van der Waals surface area contributed by atoms with Crippen LogP contribution in [0.15, 0.2) is 47.4 Å². The fraction of sp³-hybridized carbons (Fsp3) is 0.471. The van der Waals surface area contributed by atoms with E-state index in [4.69, 9.17) is 0 Å². The quantitative estimate of drug-likeness (QED) is 0.790. The first-order valence-electron chi connectivity index (χ1n) is 8.07. The molecule has 0 bridgehead atoms. The van der Waals surface area contributed by atoms with Crippen LogP contribution in [0.4, 0.5) is 0 Å². The maximum absolute atomic E-state index is 12.6. The van der Waals surface area contributed by atoms with E-state index in [2.05, 4.69) is 12.2 Å². The summed E-state index contributed by atoms with van der Waals surface area (Å²) in [5, 5.41) is 0. The molecule has 1 fully saturated rings. The molecule has 23 heavy (non-hydrogen) atoms. The maximum atomic E-state index is 12.6. The summed E-state index contributed by atoms with van der Waals surface area (Å²) in [6.45, 7) is 1.68. The number of rotatable bonds is 4. The molecule has 1 aliphatic carbocycles. The van der Waals surface area contributed by atoms with Gasteiger partial charge in [0.1, 0.15) is 0 Å². The summed E-state index contributed by atoms with van der Waals surface area (Å²) in [6.07, 6.45) is 6.90. The topological polar surface area (TPSA) is 57.7 Å². The van der Waals surface area contributed by atoms with Crippen LogP contribution in [0.3, 0.4) is 0 Å². The van der Waals surface area contributed by atoms with Gasteiger partial charge in [-0.3, -0.25) is 4.79 Å². The summed E-state index contributed by atoms with van der Waals surface area (Å²) in [4.78, 5) is 14.4. The van der Waals surface area contributed by atoms with Crippen LogP contribution in [0.2, 0.25) is 0 Å². The first kappa shape index (κ1) is 16.2. The molecule has 0 saturated carbocycles. The number of amides is 1. The summed E-state index contributed by atoms with van der Waals surface area (Å²) >= 11 is 0. The first-order valence-corrected chi connectivity index (χ1v) is 9.51. The average Bonchev–Trinajstić information content (AvgIpc) is 3.09. The Labute approximate surface area is 137 Å².